The first-order chi connectivity index (χ1) is 13.6. The zero-order valence-corrected chi connectivity index (χ0v) is 19.2. The van der Waals surface area contributed by atoms with Crippen molar-refractivity contribution in [1.29, 1.82) is 0 Å². The molecule has 4 nitrogen and oxygen atoms in total. The van der Waals surface area contributed by atoms with Crippen LogP contribution in [-0.4, -0.2) is 57.9 Å². The molecule has 1 amide bonds. The third-order valence-electron chi connectivity index (χ3n) is 6.80. The van der Waals surface area contributed by atoms with Gasteiger partial charge in [0, 0.05) is 18.7 Å². The lowest BCUT2D eigenvalue weighted by molar-refractivity contribution is -0.159. The topological polar surface area (TPSA) is 49.8 Å². The summed E-state index contributed by atoms with van der Waals surface area (Å²) >= 11 is 4.29. The Labute approximate surface area is 179 Å². The van der Waals surface area contributed by atoms with E-state index in [9.17, 15) is 4.79 Å². The molecule has 3 aliphatic rings. The van der Waals surface area contributed by atoms with Gasteiger partial charge in [-0.1, -0.05) is 25.7 Å². The fourth-order valence-electron chi connectivity index (χ4n) is 5.12. The van der Waals surface area contributed by atoms with Gasteiger partial charge in [0.15, 0.2) is 0 Å². The molecule has 1 saturated carbocycles. The number of carbonyl (C=O) groups excluding carboxylic acids is 1. The van der Waals surface area contributed by atoms with Crippen molar-refractivity contribution in [2.75, 3.05) is 24.3 Å². The number of unbranched alkanes of at least 4 members (excludes halogenated alkanes) is 1. The number of hydrogen-bond donors (Lipinski definition) is 1. The first-order valence-electron chi connectivity index (χ1n) is 11.5. The van der Waals surface area contributed by atoms with E-state index in [1.54, 1.807) is 0 Å². The molecule has 6 heteroatoms. The van der Waals surface area contributed by atoms with Crippen LogP contribution < -0.4 is 0 Å². The van der Waals surface area contributed by atoms with Gasteiger partial charge in [-0.25, -0.2) is 5.06 Å². The molecule has 1 N–H and O–H groups in total. The summed E-state index contributed by atoms with van der Waals surface area (Å²) in [7, 11) is 1.40. The van der Waals surface area contributed by atoms with Gasteiger partial charge in [0.05, 0.1) is 12.2 Å². The van der Waals surface area contributed by atoms with Crippen molar-refractivity contribution in [2.24, 2.45) is 11.8 Å². The van der Waals surface area contributed by atoms with Gasteiger partial charge in [-0.05, 0) is 74.0 Å². The average Bonchev–Trinajstić information content (AvgIpc) is 3.18. The molecule has 28 heavy (non-hydrogen) atoms. The fraction of sp³-hybridized carbons (Fsp3) is 0.955. The molecule has 2 aliphatic heterocycles. The maximum Gasteiger partial charge on any atom is 0.245 e. The van der Waals surface area contributed by atoms with E-state index in [0.717, 1.165) is 35.7 Å². The Morgan fingerprint density at radius 3 is 2.43 bits per heavy atom. The van der Waals surface area contributed by atoms with Gasteiger partial charge in [0.1, 0.15) is 0 Å². The maximum atomic E-state index is 11.4. The van der Waals surface area contributed by atoms with E-state index in [1.807, 2.05) is 11.8 Å². The Morgan fingerprint density at radius 1 is 1.00 bits per heavy atom. The number of fused-ring (bicyclic) bond motifs is 2. The SMILES string of the molecule is CN(O)C(=O)CCCCSCC[C@@H]1[C@H](CSC2CCCCCC2)[C@@H]2CC[C@H]1O2. The number of amides is 1. The summed E-state index contributed by atoms with van der Waals surface area (Å²) in [6.45, 7) is 0. The van der Waals surface area contributed by atoms with Crippen molar-refractivity contribution in [3.05, 3.63) is 0 Å². The van der Waals surface area contributed by atoms with Crippen LogP contribution in [0.25, 0.3) is 0 Å². The van der Waals surface area contributed by atoms with E-state index in [0.29, 0.717) is 23.7 Å². The minimum atomic E-state index is -0.182. The quantitative estimate of drug-likeness (QED) is 0.207. The van der Waals surface area contributed by atoms with Gasteiger partial charge < -0.3 is 4.74 Å². The Hall–Kier alpha value is 0.0900. The van der Waals surface area contributed by atoms with E-state index in [1.165, 1.54) is 76.3 Å². The van der Waals surface area contributed by atoms with Crippen LogP contribution in [0.1, 0.15) is 77.0 Å². The Morgan fingerprint density at radius 2 is 1.71 bits per heavy atom. The molecule has 0 aromatic carbocycles. The van der Waals surface area contributed by atoms with E-state index in [2.05, 4.69) is 11.8 Å². The van der Waals surface area contributed by atoms with Gasteiger partial charge in [-0.3, -0.25) is 10.0 Å². The van der Waals surface area contributed by atoms with Crippen molar-refractivity contribution < 1.29 is 14.7 Å². The number of nitrogens with zero attached hydrogens (tertiary/aromatic N) is 1. The van der Waals surface area contributed by atoms with Crippen LogP contribution in [0.4, 0.5) is 0 Å². The molecular weight excluding hydrogens is 390 g/mol. The van der Waals surface area contributed by atoms with E-state index < -0.39 is 0 Å². The Balaban J connectivity index is 1.31. The predicted octanol–water partition coefficient (Wildman–Crippen LogP) is 5.38. The predicted molar refractivity (Wildman–Crippen MR) is 119 cm³/mol. The number of hydrogen-bond acceptors (Lipinski definition) is 5. The van der Waals surface area contributed by atoms with Crippen molar-refractivity contribution in [2.45, 2.75) is 94.5 Å². The van der Waals surface area contributed by atoms with Crippen LogP contribution in [0.2, 0.25) is 0 Å². The Kier molecular flexibility index (Phi) is 9.81. The second-order valence-corrected chi connectivity index (χ2v) is 11.4. The van der Waals surface area contributed by atoms with Crippen molar-refractivity contribution in [3.63, 3.8) is 0 Å². The molecule has 0 aromatic heterocycles. The lowest BCUT2D eigenvalue weighted by Crippen LogP contribution is -2.30. The largest absolute Gasteiger partial charge is 0.374 e. The summed E-state index contributed by atoms with van der Waals surface area (Å²) in [6, 6.07) is 0. The molecule has 162 valence electrons. The molecule has 3 rings (SSSR count). The minimum absolute atomic E-state index is 0.182. The van der Waals surface area contributed by atoms with E-state index in [-0.39, 0.29) is 5.91 Å². The molecule has 2 saturated heterocycles. The van der Waals surface area contributed by atoms with Crippen LogP contribution in [0.15, 0.2) is 0 Å². The van der Waals surface area contributed by atoms with Crippen LogP contribution in [0, 0.1) is 11.8 Å². The highest BCUT2D eigenvalue weighted by molar-refractivity contribution is 8.00. The zero-order valence-electron chi connectivity index (χ0n) is 17.5. The number of hydroxylamine groups is 2. The fourth-order valence-corrected chi connectivity index (χ4v) is 7.79. The minimum Gasteiger partial charge on any atom is -0.374 e. The highest BCUT2D eigenvalue weighted by Crippen LogP contribution is 2.47. The lowest BCUT2D eigenvalue weighted by Gasteiger charge is -2.29. The summed E-state index contributed by atoms with van der Waals surface area (Å²) in [5.74, 6) is 5.02. The van der Waals surface area contributed by atoms with Crippen molar-refractivity contribution in [3.8, 4) is 0 Å². The summed E-state index contributed by atoms with van der Waals surface area (Å²) in [5, 5.41) is 10.7. The third-order valence-corrected chi connectivity index (χ3v) is 9.42. The molecule has 3 fully saturated rings. The number of rotatable bonds is 11. The molecule has 0 radical (unpaired) electrons. The molecule has 4 atom stereocenters. The monoisotopic (exact) mass is 429 g/mol. The summed E-state index contributed by atoms with van der Waals surface area (Å²) in [5.41, 5.74) is 0. The average molecular weight is 430 g/mol. The van der Waals surface area contributed by atoms with E-state index >= 15 is 0 Å². The van der Waals surface area contributed by atoms with Gasteiger partial charge >= 0.3 is 0 Å². The van der Waals surface area contributed by atoms with E-state index in [4.69, 9.17) is 9.94 Å². The highest BCUT2D eigenvalue weighted by atomic mass is 32.2. The summed E-state index contributed by atoms with van der Waals surface area (Å²) in [4.78, 5) is 11.4. The number of carbonyl (C=O) groups is 1. The highest BCUT2D eigenvalue weighted by Gasteiger charge is 2.48. The molecule has 0 aromatic rings. The summed E-state index contributed by atoms with van der Waals surface area (Å²) < 4.78 is 6.32. The van der Waals surface area contributed by atoms with Gasteiger partial charge in [-0.2, -0.15) is 23.5 Å². The maximum absolute atomic E-state index is 11.4. The molecular formula is C22H39NO3S2. The third kappa shape index (κ3) is 6.82. The molecule has 1 aliphatic carbocycles. The second kappa shape index (κ2) is 12.1. The van der Waals surface area contributed by atoms with Crippen LogP contribution in [0.5, 0.6) is 0 Å². The van der Waals surface area contributed by atoms with Crippen molar-refractivity contribution >= 4 is 29.4 Å². The zero-order chi connectivity index (χ0) is 19.8. The Bertz CT molecular complexity index is 469. The normalized spacial score (nSPS) is 30.5. The van der Waals surface area contributed by atoms with Gasteiger partial charge in [-0.15, -0.1) is 0 Å². The van der Waals surface area contributed by atoms with Crippen LogP contribution in [0.3, 0.4) is 0 Å². The van der Waals surface area contributed by atoms with Crippen molar-refractivity contribution in [1.82, 2.24) is 5.06 Å². The smallest absolute Gasteiger partial charge is 0.245 e. The first-order valence-corrected chi connectivity index (χ1v) is 13.7. The van der Waals surface area contributed by atoms with Gasteiger partial charge in [0.25, 0.3) is 0 Å². The van der Waals surface area contributed by atoms with Crippen LogP contribution in [-0.2, 0) is 9.53 Å². The second-order valence-electron chi connectivity index (χ2n) is 8.84. The number of thioether (sulfide) groups is 2. The molecule has 2 heterocycles. The standard InChI is InChI=1S/C22H39NO3S2/c1-23(25)22(24)10-6-7-14-27-15-13-18-19(21-12-11-20(18)26-21)16-28-17-8-4-2-3-5-9-17/h17-21,25H,2-16H2,1H3/t18-,19+,20-,21+/m1/s1. The number of ether oxygens (including phenoxy) is 1. The first kappa shape index (κ1) is 22.8. The lowest BCUT2D eigenvalue weighted by atomic mass is 9.79. The van der Waals surface area contributed by atoms with Gasteiger partial charge in [0.2, 0.25) is 5.91 Å². The van der Waals surface area contributed by atoms with Crippen LogP contribution >= 0.6 is 23.5 Å². The molecule has 0 unspecified atom stereocenters. The molecule has 2 bridgehead atoms. The molecule has 0 spiro atoms. The summed E-state index contributed by atoms with van der Waals surface area (Å²) in [6.07, 6.45) is 15.9.